The molecule has 1 rings (SSSR count). The van der Waals surface area contributed by atoms with Gasteiger partial charge in [-0.05, 0) is 38.6 Å². The number of piperidine rings is 1. The molecule has 0 bridgehead atoms. The third-order valence-electron chi connectivity index (χ3n) is 3.40. The molecule has 2 heteroatoms. The largest absolute Gasteiger partial charge is 0.327 e. The van der Waals surface area contributed by atoms with E-state index in [1.54, 1.807) is 0 Å². The van der Waals surface area contributed by atoms with E-state index in [-0.39, 0.29) is 0 Å². The Morgan fingerprint density at radius 2 is 2.14 bits per heavy atom. The smallest absolute Gasteiger partial charge is 0.0167 e. The van der Waals surface area contributed by atoms with Gasteiger partial charge in [0, 0.05) is 18.6 Å². The van der Waals surface area contributed by atoms with Crippen molar-refractivity contribution in [2.75, 3.05) is 13.1 Å². The number of nitrogens with zero attached hydrogens (tertiary/aromatic N) is 1. The topological polar surface area (TPSA) is 29.3 Å². The molecule has 0 aromatic heterocycles. The van der Waals surface area contributed by atoms with Crippen molar-refractivity contribution in [3.05, 3.63) is 0 Å². The second kappa shape index (κ2) is 5.72. The maximum atomic E-state index is 6.07. The summed E-state index contributed by atoms with van der Waals surface area (Å²) < 4.78 is 0. The van der Waals surface area contributed by atoms with Crippen LogP contribution in [0.3, 0.4) is 0 Å². The lowest BCUT2D eigenvalue weighted by Crippen LogP contribution is -2.46. The van der Waals surface area contributed by atoms with Crippen LogP contribution in [0.1, 0.15) is 46.5 Å². The molecule has 0 aromatic rings. The summed E-state index contributed by atoms with van der Waals surface area (Å²) in [5, 5.41) is 0. The summed E-state index contributed by atoms with van der Waals surface area (Å²) >= 11 is 0. The van der Waals surface area contributed by atoms with Crippen LogP contribution in [-0.4, -0.2) is 30.1 Å². The predicted molar refractivity (Wildman–Crippen MR) is 62.3 cm³/mol. The van der Waals surface area contributed by atoms with E-state index in [1.807, 2.05) is 0 Å². The highest BCUT2D eigenvalue weighted by molar-refractivity contribution is 4.79. The van der Waals surface area contributed by atoms with Gasteiger partial charge in [-0.3, -0.25) is 4.90 Å². The summed E-state index contributed by atoms with van der Waals surface area (Å²) in [5.74, 6) is 0.906. The molecule has 3 unspecified atom stereocenters. The first-order valence-electron chi connectivity index (χ1n) is 6.13. The second-order valence-electron chi connectivity index (χ2n) is 5.02. The molecule has 84 valence electrons. The van der Waals surface area contributed by atoms with Crippen molar-refractivity contribution in [1.82, 2.24) is 4.90 Å². The van der Waals surface area contributed by atoms with Crippen LogP contribution in [0.5, 0.6) is 0 Å². The Kier molecular flexibility index (Phi) is 4.90. The molecule has 14 heavy (non-hydrogen) atoms. The maximum absolute atomic E-state index is 6.07. The Bertz CT molecular complexity index is 158. The zero-order valence-corrected chi connectivity index (χ0v) is 10.00. The van der Waals surface area contributed by atoms with Crippen LogP contribution < -0.4 is 5.73 Å². The molecule has 0 radical (unpaired) electrons. The summed E-state index contributed by atoms with van der Waals surface area (Å²) in [6.45, 7) is 9.26. The van der Waals surface area contributed by atoms with Crippen LogP contribution in [-0.2, 0) is 0 Å². The molecule has 1 aliphatic rings. The molecule has 3 atom stereocenters. The minimum absolute atomic E-state index is 0.385. The molecule has 0 saturated carbocycles. The first-order valence-corrected chi connectivity index (χ1v) is 6.13. The lowest BCUT2D eigenvalue weighted by atomic mass is 9.93. The molecule has 2 N–H and O–H groups in total. The minimum atomic E-state index is 0.385. The zero-order valence-electron chi connectivity index (χ0n) is 10.00. The van der Waals surface area contributed by atoms with E-state index < -0.39 is 0 Å². The molecule has 1 fully saturated rings. The van der Waals surface area contributed by atoms with Gasteiger partial charge in [-0.2, -0.15) is 0 Å². The highest BCUT2D eigenvalue weighted by atomic mass is 15.2. The summed E-state index contributed by atoms with van der Waals surface area (Å²) in [6, 6.07) is 1.12. The van der Waals surface area contributed by atoms with E-state index in [2.05, 4.69) is 25.7 Å². The van der Waals surface area contributed by atoms with Gasteiger partial charge in [0.25, 0.3) is 0 Å². The van der Waals surface area contributed by atoms with Crippen LogP contribution in [0.25, 0.3) is 0 Å². The SMILES string of the molecule is CCCC(N)CN1CCC(C)CC1C. The van der Waals surface area contributed by atoms with Crippen LogP contribution in [0.15, 0.2) is 0 Å². The maximum Gasteiger partial charge on any atom is 0.0167 e. The highest BCUT2D eigenvalue weighted by Crippen LogP contribution is 2.22. The van der Waals surface area contributed by atoms with Gasteiger partial charge in [-0.25, -0.2) is 0 Å². The molecule has 0 spiro atoms. The van der Waals surface area contributed by atoms with Crippen molar-refractivity contribution in [3.63, 3.8) is 0 Å². The third kappa shape index (κ3) is 3.58. The second-order valence-corrected chi connectivity index (χ2v) is 5.02. The summed E-state index contributed by atoms with van der Waals surface area (Å²) in [5.41, 5.74) is 6.07. The van der Waals surface area contributed by atoms with Crippen LogP contribution in [0, 0.1) is 5.92 Å². The molecular weight excluding hydrogens is 172 g/mol. The number of rotatable bonds is 4. The Morgan fingerprint density at radius 1 is 1.43 bits per heavy atom. The van der Waals surface area contributed by atoms with Crippen LogP contribution in [0.4, 0.5) is 0 Å². The van der Waals surface area contributed by atoms with Gasteiger partial charge in [-0.15, -0.1) is 0 Å². The van der Waals surface area contributed by atoms with E-state index in [0.29, 0.717) is 6.04 Å². The minimum Gasteiger partial charge on any atom is -0.327 e. The van der Waals surface area contributed by atoms with E-state index >= 15 is 0 Å². The van der Waals surface area contributed by atoms with Gasteiger partial charge >= 0.3 is 0 Å². The van der Waals surface area contributed by atoms with E-state index in [0.717, 1.165) is 18.5 Å². The molecular formula is C12H26N2. The quantitative estimate of drug-likeness (QED) is 0.750. The molecule has 0 aliphatic carbocycles. The van der Waals surface area contributed by atoms with Crippen molar-refractivity contribution in [2.45, 2.75) is 58.5 Å². The van der Waals surface area contributed by atoms with Gasteiger partial charge < -0.3 is 5.73 Å². The van der Waals surface area contributed by atoms with Crippen LogP contribution >= 0.6 is 0 Å². The summed E-state index contributed by atoms with van der Waals surface area (Å²) in [4.78, 5) is 2.57. The summed E-state index contributed by atoms with van der Waals surface area (Å²) in [6.07, 6.45) is 5.07. The zero-order chi connectivity index (χ0) is 10.6. The Labute approximate surface area is 88.8 Å². The average Bonchev–Trinajstić information content (AvgIpc) is 2.10. The molecule has 1 heterocycles. The fourth-order valence-electron chi connectivity index (χ4n) is 2.49. The van der Waals surface area contributed by atoms with E-state index in [4.69, 9.17) is 5.73 Å². The Hall–Kier alpha value is -0.0800. The van der Waals surface area contributed by atoms with Crippen molar-refractivity contribution >= 4 is 0 Å². The standard InChI is InChI=1S/C12H26N2/c1-4-5-12(13)9-14-7-6-10(2)8-11(14)3/h10-12H,4-9,13H2,1-3H3. The average molecular weight is 198 g/mol. The van der Waals surface area contributed by atoms with Gasteiger partial charge in [0.05, 0.1) is 0 Å². The van der Waals surface area contributed by atoms with Crippen molar-refractivity contribution in [1.29, 1.82) is 0 Å². The lowest BCUT2D eigenvalue weighted by molar-refractivity contribution is 0.121. The molecule has 0 amide bonds. The fourth-order valence-corrected chi connectivity index (χ4v) is 2.49. The summed E-state index contributed by atoms with van der Waals surface area (Å²) in [7, 11) is 0. The highest BCUT2D eigenvalue weighted by Gasteiger charge is 2.23. The Morgan fingerprint density at radius 3 is 2.71 bits per heavy atom. The van der Waals surface area contributed by atoms with Gasteiger partial charge in [0.1, 0.15) is 0 Å². The first kappa shape index (κ1) is 12.0. The van der Waals surface area contributed by atoms with Crippen molar-refractivity contribution < 1.29 is 0 Å². The third-order valence-corrected chi connectivity index (χ3v) is 3.40. The Balaban J connectivity index is 2.29. The monoisotopic (exact) mass is 198 g/mol. The lowest BCUT2D eigenvalue weighted by Gasteiger charge is -2.37. The molecule has 2 nitrogen and oxygen atoms in total. The molecule has 1 saturated heterocycles. The van der Waals surface area contributed by atoms with Gasteiger partial charge in [0.2, 0.25) is 0 Å². The van der Waals surface area contributed by atoms with Crippen molar-refractivity contribution in [2.24, 2.45) is 11.7 Å². The van der Waals surface area contributed by atoms with E-state index in [9.17, 15) is 0 Å². The molecule has 0 aromatic carbocycles. The van der Waals surface area contributed by atoms with Gasteiger partial charge in [0.15, 0.2) is 0 Å². The predicted octanol–water partition coefficient (Wildman–Crippen LogP) is 2.23. The number of nitrogens with two attached hydrogens (primary N) is 1. The number of hydrogen-bond donors (Lipinski definition) is 1. The van der Waals surface area contributed by atoms with Crippen LogP contribution in [0.2, 0.25) is 0 Å². The van der Waals surface area contributed by atoms with Crippen molar-refractivity contribution in [3.8, 4) is 0 Å². The molecule has 1 aliphatic heterocycles. The number of likely N-dealkylation sites (tertiary alicyclic amines) is 1. The number of hydrogen-bond acceptors (Lipinski definition) is 2. The first-order chi connectivity index (χ1) is 6.63. The van der Waals surface area contributed by atoms with Gasteiger partial charge in [-0.1, -0.05) is 20.3 Å². The van der Waals surface area contributed by atoms with E-state index in [1.165, 1.54) is 32.2 Å². The normalized spacial score (nSPS) is 31.7. The fraction of sp³-hybridized carbons (Fsp3) is 1.00.